The number of rotatable bonds is 3. The van der Waals surface area contributed by atoms with Crippen molar-refractivity contribution in [2.45, 2.75) is 6.42 Å². The van der Waals surface area contributed by atoms with Crippen LogP contribution in [-0.2, 0) is 4.74 Å². The van der Waals surface area contributed by atoms with E-state index >= 15 is 0 Å². The second kappa shape index (κ2) is 7.77. The van der Waals surface area contributed by atoms with E-state index < -0.39 is 0 Å². The van der Waals surface area contributed by atoms with Crippen LogP contribution in [0.25, 0.3) is 11.6 Å². The molecule has 132 valence electrons. The number of carbonyl (C=O) groups is 1. The zero-order valence-electron chi connectivity index (χ0n) is 14.2. The Bertz CT molecular complexity index is 895. The van der Waals surface area contributed by atoms with Crippen LogP contribution >= 0.6 is 8.58 Å². The summed E-state index contributed by atoms with van der Waals surface area (Å²) in [6.45, 7) is 1.31. The van der Waals surface area contributed by atoms with Crippen LogP contribution in [0.3, 0.4) is 0 Å². The molecule has 7 heteroatoms. The first-order chi connectivity index (χ1) is 12.8. The minimum atomic E-state index is -0.302. The molecule has 0 aliphatic carbocycles. The second-order valence-electron chi connectivity index (χ2n) is 5.94. The zero-order valence-corrected chi connectivity index (χ0v) is 15.2. The average Bonchev–Trinajstić information content (AvgIpc) is 2.69. The number of hydrogen-bond donors (Lipinski definition) is 2. The third-order valence-electron chi connectivity index (χ3n) is 4.18. The SMILES string of the molecule is O=C(Nc1cccc(C2=CCOCC2)n1)Nc1ccnc2c1PCC=C2. The summed E-state index contributed by atoms with van der Waals surface area (Å²) in [4.78, 5) is 21.3. The molecule has 2 N–H and O–H groups in total. The van der Waals surface area contributed by atoms with Crippen LogP contribution in [-0.4, -0.2) is 35.4 Å². The highest BCUT2D eigenvalue weighted by atomic mass is 31.1. The van der Waals surface area contributed by atoms with E-state index in [-0.39, 0.29) is 6.03 Å². The molecule has 2 aliphatic heterocycles. The summed E-state index contributed by atoms with van der Waals surface area (Å²) in [6.07, 6.45) is 9.68. The maximum atomic E-state index is 12.4. The van der Waals surface area contributed by atoms with Crippen LogP contribution in [0.5, 0.6) is 0 Å². The number of fused-ring (bicyclic) bond motifs is 1. The van der Waals surface area contributed by atoms with E-state index in [1.54, 1.807) is 12.3 Å². The molecule has 1 unspecified atom stereocenters. The lowest BCUT2D eigenvalue weighted by atomic mass is 10.1. The number of allylic oxidation sites excluding steroid dienone is 1. The fourth-order valence-electron chi connectivity index (χ4n) is 2.94. The number of carbonyl (C=O) groups excluding carboxylic acids is 1. The van der Waals surface area contributed by atoms with Crippen LogP contribution in [0, 0.1) is 0 Å². The highest BCUT2D eigenvalue weighted by Gasteiger charge is 2.14. The molecule has 26 heavy (non-hydrogen) atoms. The summed E-state index contributed by atoms with van der Waals surface area (Å²) in [5.41, 5.74) is 3.76. The molecule has 0 saturated heterocycles. The van der Waals surface area contributed by atoms with Gasteiger partial charge in [0.25, 0.3) is 0 Å². The van der Waals surface area contributed by atoms with Crippen molar-refractivity contribution in [2.75, 3.05) is 30.0 Å². The molecule has 6 nitrogen and oxygen atoms in total. The molecular weight excluding hydrogens is 347 g/mol. The molecular formula is C19H19N4O2P. The van der Waals surface area contributed by atoms with Crippen molar-refractivity contribution in [3.8, 4) is 0 Å². The first kappa shape index (κ1) is 16.9. The maximum absolute atomic E-state index is 12.4. The Morgan fingerprint density at radius 1 is 1.23 bits per heavy atom. The summed E-state index contributed by atoms with van der Waals surface area (Å²) in [7, 11) is 0.613. The summed E-state index contributed by atoms with van der Waals surface area (Å²) in [6, 6.07) is 7.17. The van der Waals surface area contributed by atoms with E-state index in [1.165, 1.54) is 0 Å². The van der Waals surface area contributed by atoms with Gasteiger partial charge in [0.2, 0.25) is 0 Å². The molecule has 2 aromatic heterocycles. The highest BCUT2D eigenvalue weighted by molar-refractivity contribution is 7.48. The van der Waals surface area contributed by atoms with E-state index in [0.717, 1.165) is 40.5 Å². The van der Waals surface area contributed by atoms with Crippen LogP contribution in [0.1, 0.15) is 17.8 Å². The monoisotopic (exact) mass is 366 g/mol. The van der Waals surface area contributed by atoms with Crippen molar-refractivity contribution in [3.63, 3.8) is 0 Å². The zero-order chi connectivity index (χ0) is 17.8. The number of aromatic nitrogens is 2. The number of pyridine rings is 2. The number of amides is 2. The van der Waals surface area contributed by atoms with Gasteiger partial charge in [-0.1, -0.05) is 26.8 Å². The van der Waals surface area contributed by atoms with Gasteiger partial charge in [-0.2, -0.15) is 0 Å². The molecule has 0 spiro atoms. The topological polar surface area (TPSA) is 76.1 Å². The normalized spacial score (nSPS) is 16.7. The van der Waals surface area contributed by atoms with Gasteiger partial charge in [0.15, 0.2) is 0 Å². The van der Waals surface area contributed by atoms with Gasteiger partial charge in [-0.05, 0) is 42.4 Å². The fourth-order valence-corrected chi connectivity index (χ4v) is 4.04. The lowest BCUT2D eigenvalue weighted by Crippen LogP contribution is -2.24. The Balaban J connectivity index is 1.47. The summed E-state index contributed by atoms with van der Waals surface area (Å²) < 4.78 is 5.33. The molecule has 2 aromatic rings. The van der Waals surface area contributed by atoms with Gasteiger partial charge in [0.05, 0.1) is 30.3 Å². The molecule has 0 bridgehead atoms. The number of hydrogen-bond acceptors (Lipinski definition) is 4. The van der Waals surface area contributed by atoms with Crippen LogP contribution < -0.4 is 15.9 Å². The molecule has 4 rings (SSSR count). The lowest BCUT2D eigenvalue weighted by molar-refractivity contribution is 0.161. The molecule has 2 aliphatic rings. The van der Waals surface area contributed by atoms with Crippen LogP contribution in [0.2, 0.25) is 0 Å². The van der Waals surface area contributed by atoms with Crippen molar-refractivity contribution in [2.24, 2.45) is 0 Å². The number of anilines is 2. The molecule has 0 aromatic carbocycles. The van der Waals surface area contributed by atoms with Gasteiger partial charge in [0.1, 0.15) is 5.82 Å². The highest BCUT2D eigenvalue weighted by Crippen LogP contribution is 2.24. The van der Waals surface area contributed by atoms with Crippen LogP contribution in [0.15, 0.2) is 42.6 Å². The molecule has 0 fully saturated rings. The van der Waals surface area contributed by atoms with E-state index in [2.05, 4.69) is 26.7 Å². The Morgan fingerprint density at radius 2 is 2.19 bits per heavy atom. The van der Waals surface area contributed by atoms with E-state index in [9.17, 15) is 4.79 Å². The average molecular weight is 366 g/mol. The molecule has 0 saturated carbocycles. The van der Waals surface area contributed by atoms with Gasteiger partial charge in [-0.25, -0.2) is 9.78 Å². The fraction of sp³-hybridized carbons (Fsp3) is 0.211. The predicted octanol–water partition coefficient (Wildman–Crippen LogP) is 3.25. The third kappa shape index (κ3) is 3.82. The van der Waals surface area contributed by atoms with Crippen LogP contribution in [0.4, 0.5) is 16.3 Å². The summed E-state index contributed by atoms with van der Waals surface area (Å²) >= 11 is 0. The maximum Gasteiger partial charge on any atom is 0.324 e. The standard InChI is InChI=1S/C19H19N4O2P/c24-19(22-16-6-9-20-15-4-2-12-26-18(15)16)23-17-5-1-3-14(21-17)13-7-10-25-11-8-13/h1-7,9,26H,8,10-12H2,(H2,20,21,22,23,24). The first-order valence-electron chi connectivity index (χ1n) is 8.51. The number of urea groups is 1. The Hall–Kier alpha value is -2.56. The summed E-state index contributed by atoms with van der Waals surface area (Å²) in [5, 5.41) is 6.84. The molecule has 1 atom stereocenters. The van der Waals surface area contributed by atoms with Gasteiger partial charge in [0, 0.05) is 11.5 Å². The summed E-state index contributed by atoms with van der Waals surface area (Å²) in [5.74, 6) is 0.526. The van der Waals surface area contributed by atoms with Crippen molar-refractivity contribution < 1.29 is 9.53 Å². The Morgan fingerprint density at radius 3 is 3.08 bits per heavy atom. The van der Waals surface area contributed by atoms with Crippen molar-refractivity contribution >= 4 is 43.1 Å². The first-order valence-corrected chi connectivity index (χ1v) is 9.72. The van der Waals surface area contributed by atoms with E-state index in [4.69, 9.17) is 4.74 Å². The quantitative estimate of drug-likeness (QED) is 0.818. The van der Waals surface area contributed by atoms with Gasteiger partial charge in [-0.3, -0.25) is 10.3 Å². The largest absolute Gasteiger partial charge is 0.377 e. The molecule has 2 amide bonds. The number of nitrogens with zero attached hydrogens (tertiary/aromatic N) is 2. The number of nitrogens with one attached hydrogen (secondary N) is 2. The Kier molecular flexibility index (Phi) is 5.04. The molecule has 0 radical (unpaired) electrons. The third-order valence-corrected chi connectivity index (χ3v) is 5.50. The van der Waals surface area contributed by atoms with Gasteiger partial charge in [-0.15, -0.1) is 0 Å². The molecule has 4 heterocycles. The lowest BCUT2D eigenvalue weighted by Gasteiger charge is -2.16. The van der Waals surface area contributed by atoms with E-state index in [0.29, 0.717) is 27.6 Å². The predicted molar refractivity (Wildman–Crippen MR) is 106 cm³/mol. The van der Waals surface area contributed by atoms with Crippen molar-refractivity contribution in [3.05, 3.63) is 54.0 Å². The van der Waals surface area contributed by atoms with Gasteiger partial charge >= 0.3 is 6.03 Å². The van der Waals surface area contributed by atoms with Crippen molar-refractivity contribution in [1.82, 2.24) is 9.97 Å². The van der Waals surface area contributed by atoms with Gasteiger partial charge < -0.3 is 10.1 Å². The van der Waals surface area contributed by atoms with E-state index in [1.807, 2.05) is 30.4 Å². The second-order valence-corrected chi connectivity index (χ2v) is 7.21. The Labute approximate surface area is 153 Å². The smallest absolute Gasteiger partial charge is 0.324 e. The van der Waals surface area contributed by atoms with Crippen molar-refractivity contribution in [1.29, 1.82) is 0 Å². The minimum Gasteiger partial charge on any atom is -0.377 e. The minimum absolute atomic E-state index is 0.302. The number of ether oxygens (including phenoxy) is 1.